The first kappa shape index (κ1) is 17.7. The molecule has 5 nitrogen and oxygen atoms in total. The highest BCUT2D eigenvalue weighted by molar-refractivity contribution is 5.94. The summed E-state index contributed by atoms with van der Waals surface area (Å²) in [5.74, 6) is -0.219. The van der Waals surface area contributed by atoms with Crippen LogP contribution in [0.1, 0.15) is 46.0 Å². The van der Waals surface area contributed by atoms with Gasteiger partial charge in [-0.15, -0.1) is 0 Å². The second kappa shape index (κ2) is 7.73. The lowest BCUT2D eigenvalue weighted by Crippen LogP contribution is -2.32. The van der Waals surface area contributed by atoms with E-state index in [1.807, 2.05) is 45.0 Å². The Balaban J connectivity index is 1.97. The van der Waals surface area contributed by atoms with Crippen LogP contribution in [0.3, 0.4) is 0 Å². The van der Waals surface area contributed by atoms with Gasteiger partial charge in [-0.05, 0) is 50.6 Å². The number of nitrogens with one attached hydrogen (secondary N) is 1. The van der Waals surface area contributed by atoms with Gasteiger partial charge in [-0.1, -0.05) is 18.2 Å². The standard InChI is InChI=1S/C19H23N3O2/c1-13(2)22(4)19(24)16-10-8-15(9-11-16)12-20-18(23)17-7-5-6-14(3)21-17/h5-11,13H,12H2,1-4H3,(H,20,23). The van der Waals surface area contributed by atoms with E-state index in [0.717, 1.165) is 11.3 Å². The molecule has 0 radical (unpaired) electrons. The van der Waals surface area contributed by atoms with Crippen molar-refractivity contribution in [2.75, 3.05) is 7.05 Å². The number of aryl methyl sites for hydroxylation is 1. The third-order valence-electron chi connectivity index (χ3n) is 3.87. The van der Waals surface area contributed by atoms with E-state index in [-0.39, 0.29) is 17.9 Å². The van der Waals surface area contributed by atoms with Crippen LogP contribution in [-0.4, -0.2) is 34.8 Å². The van der Waals surface area contributed by atoms with Crippen molar-refractivity contribution in [1.29, 1.82) is 0 Å². The molecule has 0 bridgehead atoms. The van der Waals surface area contributed by atoms with Gasteiger partial charge in [0, 0.05) is 30.9 Å². The van der Waals surface area contributed by atoms with E-state index < -0.39 is 0 Å². The van der Waals surface area contributed by atoms with Gasteiger partial charge in [0.05, 0.1) is 0 Å². The number of nitrogens with zero attached hydrogens (tertiary/aromatic N) is 2. The van der Waals surface area contributed by atoms with Crippen LogP contribution in [-0.2, 0) is 6.54 Å². The first-order valence-corrected chi connectivity index (χ1v) is 7.96. The molecule has 0 atom stereocenters. The first-order valence-electron chi connectivity index (χ1n) is 7.96. The third kappa shape index (κ3) is 4.41. The Morgan fingerprint density at radius 2 is 1.79 bits per heavy atom. The fraction of sp³-hybridized carbons (Fsp3) is 0.316. The molecular weight excluding hydrogens is 302 g/mol. The number of benzene rings is 1. The van der Waals surface area contributed by atoms with Gasteiger partial charge in [-0.2, -0.15) is 0 Å². The van der Waals surface area contributed by atoms with E-state index in [1.54, 1.807) is 30.1 Å². The molecule has 0 saturated heterocycles. The minimum absolute atomic E-state index is 0.00968. The van der Waals surface area contributed by atoms with Gasteiger partial charge in [0.2, 0.25) is 0 Å². The molecule has 1 N–H and O–H groups in total. The van der Waals surface area contributed by atoms with Crippen LogP contribution in [0.25, 0.3) is 0 Å². The zero-order chi connectivity index (χ0) is 17.7. The number of carbonyl (C=O) groups excluding carboxylic acids is 2. The molecule has 2 aromatic rings. The molecule has 0 aliphatic heterocycles. The second-order valence-electron chi connectivity index (χ2n) is 6.05. The number of aromatic nitrogens is 1. The largest absolute Gasteiger partial charge is 0.347 e. The molecule has 1 heterocycles. The molecule has 0 aliphatic carbocycles. The smallest absolute Gasteiger partial charge is 0.270 e. The van der Waals surface area contributed by atoms with Crippen molar-refractivity contribution < 1.29 is 9.59 Å². The zero-order valence-electron chi connectivity index (χ0n) is 14.5. The molecule has 0 unspecified atom stereocenters. The van der Waals surface area contributed by atoms with Crippen LogP contribution in [0.15, 0.2) is 42.5 Å². The van der Waals surface area contributed by atoms with Crippen molar-refractivity contribution in [1.82, 2.24) is 15.2 Å². The summed E-state index contributed by atoms with van der Waals surface area (Å²) in [5.41, 5.74) is 2.78. The minimum Gasteiger partial charge on any atom is -0.347 e. The average molecular weight is 325 g/mol. The van der Waals surface area contributed by atoms with E-state index in [4.69, 9.17) is 0 Å². The maximum atomic E-state index is 12.2. The Hall–Kier alpha value is -2.69. The molecule has 0 fully saturated rings. The summed E-state index contributed by atoms with van der Waals surface area (Å²) < 4.78 is 0. The van der Waals surface area contributed by atoms with Crippen LogP contribution in [0, 0.1) is 6.92 Å². The average Bonchev–Trinajstić information content (AvgIpc) is 2.58. The van der Waals surface area contributed by atoms with E-state index in [0.29, 0.717) is 17.8 Å². The Morgan fingerprint density at radius 1 is 1.12 bits per heavy atom. The van der Waals surface area contributed by atoms with Gasteiger partial charge in [0.15, 0.2) is 0 Å². The topological polar surface area (TPSA) is 62.3 Å². The number of amides is 2. The predicted molar refractivity (Wildman–Crippen MR) is 93.8 cm³/mol. The number of rotatable bonds is 5. The molecule has 2 amide bonds. The summed E-state index contributed by atoms with van der Waals surface area (Å²) in [6.07, 6.45) is 0. The monoisotopic (exact) mass is 325 g/mol. The van der Waals surface area contributed by atoms with Crippen molar-refractivity contribution in [2.45, 2.75) is 33.4 Å². The highest BCUT2D eigenvalue weighted by Gasteiger charge is 2.14. The summed E-state index contributed by atoms with van der Waals surface area (Å²) >= 11 is 0. The summed E-state index contributed by atoms with van der Waals surface area (Å²) in [7, 11) is 1.79. The maximum Gasteiger partial charge on any atom is 0.270 e. The van der Waals surface area contributed by atoms with Crippen molar-refractivity contribution >= 4 is 11.8 Å². The molecule has 0 spiro atoms. The normalized spacial score (nSPS) is 10.5. The van der Waals surface area contributed by atoms with Crippen molar-refractivity contribution in [3.63, 3.8) is 0 Å². The van der Waals surface area contributed by atoms with E-state index >= 15 is 0 Å². The van der Waals surface area contributed by atoms with Gasteiger partial charge >= 0.3 is 0 Å². The Kier molecular flexibility index (Phi) is 5.68. The van der Waals surface area contributed by atoms with Crippen molar-refractivity contribution in [2.24, 2.45) is 0 Å². The van der Waals surface area contributed by atoms with Crippen LogP contribution in [0.2, 0.25) is 0 Å². The summed E-state index contributed by atoms with van der Waals surface area (Å²) in [6.45, 7) is 6.19. The predicted octanol–water partition coefficient (Wildman–Crippen LogP) is 2.80. The van der Waals surface area contributed by atoms with E-state index in [9.17, 15) is 9.59 Å². The Morgan fingerprint density at radius 3 is 2.38 bits per heavy atom. The SMILES string of the molecule is Cc1cccc(C(=O)NCc2ccc(C(=O)N(C)C(C)C)cc2)n1. The van der Waals surface area contributed by atoms with E-state index in [2.05, 4.69) is 10.3 Å². The number of hydrogen-bond acceptors (Lipinski definition) is 3. The lowest BCUT2D eigenvalue weighted by Gasteiger charge is -2.21. The number of pyridine rings is 1. The summed E-state index contributed by atoms with van der Waals surface area (Å²) in [4.78, 5) is 30.2. The van der Waals surface area contributed by atoms with Gasteiger partial charge < -0.3 is 10.2 Å². The first-order chi connectivity index (χ1) is 11.4. The molecule has 1 aromatic heterocycles. The lowest BCUT2D eigenvalue weighted by molar-refractivity contribution is 0.0754. The molecule has 24 heavy (non-hydrogen) atoms. The Labute approximate surface area is 142 Å². The molecule has 0 aliphatic rings. The summed E-state index contributed by atoms with van der Waals surface area (Å²) in [5, 5.41) is 2.84. The molecule has 2 rings (SSSR count). The Bertz CT molecular complexity index is 724. The number of hydrogen-bond donors (Lipinski definition) is 1. The highest BCUT2D eigenvalue weighted by atomic mass is 16.2. The van der Waals surface area contributed by atoms with Gasteiger partial charge in [-0.3, -0.25) is 9.59 Å². The second-order valence-corrected chi connectivity index (χ2v) is 6.05. The lowest BCUT2D eigenvalue weighted by atomic mass is 10.1. The van der Waals surface area contributed by atoms with Crippen molar-refractivity contribution in [3.05, 3.63) is 65.0 Å². The molecule has 1 aromatic carbocycles. The van der Waals surface area contributed by atoms with Crippen LogP contribution in [0.4, 0.5) is 0 Å². The zero-order valence-corrected chi connectivity index (χ0v) is 14.5. The van der Waals surface area contributed by atoms with Crippen molar-refractivity contribution in [3.8, 4) is 0 Å². The van der Waals surface area contributed by atoms with Gasteiger partial charge in [0.25, 0.3) is 11.8 Å². The van der Waals surface area contributed by atoms with E-state index in [1.165, 1.54) is 0 Å². The highest BCUT2D eigenvalue weighted by Crippen LogP contribution is 2.09. The third-order valence-corrected chi connectivity index (χ3v) is 3.87. The molecule has 126 valence electrons. The van der Waals surface area contributed by atoms with Gasteiger partial charge in [-0.25, -0.2) is 4.98 Å². The molecular formula is C19H23N3O2. The van der Waals surface area contributed by atoms with Crippen LogP contribution in [0.5, 0.6) is 0 Å². The summed E-state index contributed by atoms with van der Waals surface area (Å²) in [6, 6.07) is 12.8. The fourth-order valence-electron chi connectivity index (χ4n) is 2.15. The minimum atomic E-state index is -0.210. The molecule has 5 heteroatoms. The fourth-order valence-corrected chi connectivity index (χ4v) is 2.15. The van der Waals surface area contributed by atoms with Crippen LogP contribution < -0.4 is 5.32 Å². The quantitative estimate of drug-likeness (QED) is 0.919. The van der Waals surface area contributed by atoms with Gasteiger partial charge in [0.1, 0.15) is 5.69 Å². The maximum absolute atomic E-state index is 12.2. The van der Waals surface area contributed by atoms with Crippen LogP contribution >= 0.6 is 0 Å². The molecule has 0 saturated carbocycles. The number of carbonyl (C=O) groups is 2.